The van der Waals surface area contributed by atoms with E-state index in [0.717, 1.165) is 0 Å². The fourth-order valence-electron chi connectivity index (χ4n) is 2.55. The standard InChI is InChI=1S/C17H15F2NO2/c18-13-4-1-3-12(9-13)17(21)20-8-7-16(11-20)22-15-6-2-5-14(19)10-15/h1-6,9-10,16H,7-8,11H2. The van der Waals surface area contributed by atoms with Gasteiger partial charge < -0.3 is 9.64 Å². The van der Waals surface area contributed by atoms with Crippen LogP contribution in [0, 0.1) is 11.6 Å². The first kappa shape index (κ1) is 14.5. The molecule has 0 bridgehead atoms. The normalized spacial score (nSPS) is 17.5. The van der Waals surface area contributed by atoms with Gasteiger partial charge in [-0.2, -0.15) is 0 Å². The van der Waals surface area contributed by atoms with Crippen LogP contribution in [0.15, 0.2) is 48.5 Å². The molecular formula is C17H15F2NO2. The van der Waals surface area contributed by atoms with Gasteiger partial charge in [0.1, 0.15) is 23.5 Å². The molecular weight excluding hydrogens is 288 g/mol. The van der Waals surface area contributed by atoms with Crippen molar-refractivity contribution in [3.8, 4) is 5.75 Å². The Hall–Kier alpha value is -2.43. The third-order valence-corrected chi connectivity index (χ3v) is 3.60. The van der Waals surface area contributed by atoms with Gasteiger partial charge in [-0.15, -0.1) is 0 Å². The van der Waals surface area contributed by atoms with Gasteiger partial charge in [-0.05, 0) is 30.3 Å². The lowest BCUT2D eigenvalue weighted by Crippen LogP contribution is -2.31. The number of nitrogens with zero attached hydrogens (tertiary/aromatic N) is 1. The van der Waals surface area contributed by atoms with Crippen molar-refractivity contribution < 1.29 is 18.3 Å². The van der Waals surface area contributed by atoms with E-state index < -0.39 is 5.82 Å². The fourth-order valence-corrected chi connectivity index (χ4v) is 2.55. The van der Waals surface area contributed by atoms with Crippen LogP contribution >= 0.6 is 0 Å². The smallest absolute Gasteiger partial charge is 0.254 e. The van der Waals surface area contributed by atoms with E-state index in [1.54, 1.807) is 23.1 Å². The summed E-state index contributed by atoms with van der Waals surface area (Å²) in [5, 5.41) is 0. The van der Waals surface area contributed by atoms with Crippen molar-refractivity contribution in [2.75, 3.05) is 13.1 Å². The molecule has 114 valence electrons. The fraction of sp³-hybridized carbons (Fsp3) is 0.235. The number of hydrogen-bond donors (Lipinski definition) is 0. The maximum Gasteiger partial charge on any atom is 0.254 e. The molecule has 0 saturated carbocycles. The first-order valence-corrected chi connectivity index (χ1v) is 7.09. The Morgan fingerprint density at radius 3 is 2.55 bits per heavy atom. The molecule has 0 N–H and O–H groups in total. The Morgan fingerprint density at radius 1 is 1.09 bits per heavy atom. The van der Waals surface area contributed by atoms with E-state index in [-0.39, 0.29) is 17.8 Å². The van der Waals surface area contributed by atoms with Gasteiger partial charge in [0.05, 0.1) is 6.54 Å². The average molecular weight is 303 g/mol. The molecule has 1 atom stereocenters. The molecule has 1 heterocycles. The molecule has 22 heavy (non-hydrogen) atoms. The first-order valence-electron chi connectivity index (χ1n) is 7.09. The highest BCUT2D eigenvalue weighted by Gasteiger charge is 2.28. The van der Waals surface area contributed by atoms with E-state index in [1.165, 1.54) is 30.3 Å². The first-order chi connectivity index (χ1) is 10.6. The highest BCUT2D eigenvalue weighted by molar-refractivity contribution is 5.94. The molecule has 5 heteroatoms. The molecule has 0 aromatic heterocycles. The van der Waals surface area contributed by atoms with Crippen LogP contribution in [0.1, 0.15) is 16.8 Å². The van der Waals surface area contributed by atoms with Crippen LogP contribution in [-0.2, 0) is 0 Å². The van der Waals surface area contributed by atoms with Crippen LogP contribution in [0.25, 0.3) is 0 Å². The summed E-state index contributed by atoms with van der Waals surface area (Å²) in [6.45, 7) is 0.946. The maximum atomic E-state index is 13.2. The second kappa shape index (κ2) is 6.13. The van der Waals surface area contributed by atoms with Gasteiger partial charge in [0.25, 0.3) is 5.91 Å². The number of rotatable bonds is 3. The Kier molecular flexibility index (Phi) is 4.04. The maximum absolute atomic E-state index is 13.2. The van der Waals surface area contributed by atoms with E-state index in [0.29, 0.717) is 30.8 Å². The summed E-state index contributed by atoms with van der Waals surface area (Å²) < 4.78 is 32.0. The monoisotopic (exact) mass is 303 g/mol. The SMILES string of the molecule is O=C(c1cccc(F)c1)N1CCC(Oc2cccc(F)c2)C1. The van der Waals surface area contributed by atoms with Crippen LogP contribution in [0.3, 0.4) is 0 Å². The summed E-state index contributed by atoms with van der Waals surface area (Å²) in [6, 6.07) is 11.6. The summed E-state index contributed by atoms with van der Waals surface area (Å²) in [6.07, 6.45) is 0.483. The summed E-state index contributed by atoms with van der Waals surface area (Å²) >= 11 is 0. The topological polar surface area (TPSA) is 29.5 Å². The molecule has 2 aromatic rings. The molecule has 0 radical (unpaired) electrons. The van der Waals surface area contributed by atoms with Crippen molar-refractivity contribution >= 4 is 5.91 Å². The minimum atomic E-state index is -0.433. The summed E-state index contributed by atoms with van der Waals surface area (Å²) in [5.74, 6) is -0.560. The van der Waals surface area contributed by atoms with Gasteiger partial charge in [-0.3, -0.25) is 4.79 Å². The molecule has 3 nitrogen and oxygen atoms in total. The molecule has 2 aromatic carbocycles. The van der Waals surface area contributed by atoms with Crippen molar-refractivity contribution in [2.45, 2.75) is 12.5 Å². The number of benzene rings is 2. The Labute approximate surface area is 127 Å². The predicted octanol–water partition coefficient (Wildman–Crippen LogP) is 3.26. The number of likely N-dealkylation sites (tertiary alicyclic amines) is 1. The lowest BCUT2D eigenvalue weighted by Gasteiger charge is -2.17. The second-order valence-electron chi connectivity index (χ2n) is 5.25. The molecule has 1 fully saturated rings. The van der Waals surface area contributed by atoms with Gasteiger partial charge in [0.15, 0.2) is 0 Å². The van der Waals surface area contributed by atoms with E-state index in [4.69, 9.17) is 4.74 Å². The molecule has 1 aliphatic heterocycles. The number of carbonyl (C=O) groups is 1. The highest BCUT2D eigenvalue weighted by Crippen LogP contribution is 2.20. The van der Waals surface area contributed by atoms with Gasteiger partial charge in [-0.25, -0.2) is 8.78 Å². The number of halogens is 2. The quantitative estimate of drug-likeness (QED) is 0.871. The lowest BCUT2D eigenvalue weighted by atomic mass is 10.2. The molecule has 1 aliphatic rings. The highest BCUT2D eigenvalue weighted by atomic mass is 19.1. The van der Waals surface area contributed by atoms with Crippen LogP contribution in [0.2, 0.25) is 0 Å². The number of hydrogen-bond acceptors (Lipinski definition) is 2. The van der Waals surface area contributed by atoms with Gasteiger partial charge >= 0.3 is 0 Å². The second-order valence-corrected chi connectivity index (χ2v) is 5.25. The van der Waals surface area contributed by atoms with Crippen molar-refractivity contribution in [3.05, 3.63) is 65.7 Å². The van der Waals surface area contributed by atoms with Gasteiger partial charge in [0, 0.05) is 24.6 Å². The van der Waals surface area contributed by atoms with Gasteiger partial charge in [-0.1, -0.05) is 12.1 Å². The largest absolute Gasteiger partial charge is 0.488 e. The summed E-state index contributed by atoms with van der Waals surface area (Å²) in [4.78, 5) is 13.9. The zero-order valence-electron chi connectivity index (χ0n) is 11.8. The Balaban J connectivity index is 1.63. The van der Waals surface area contributed by atoms with Crippen LogP contribution in [-0.4, -0.2) is 30.0 Å². The lowest BCUT2D eigenvalue weighted by molar-refractivity contribution is 0.0772. The minimum Gasteiger partial charge on any atom is -0.488 e. The molecule has 0 spiro atoms. The molecule has 1 saturated heterocycles. The average Bonchev–Trinajstić information content (AvgIpc) is 2.95. The predicted molar refractivity (Wildman–Crippen MR) is 77.7 cm³/mol. The number of ether oxygens (including phenoxy) is 1. The van der Waals surface area contributed by atoms with E-state index in [2.05, 4.69) is 0 Å². The minimum absolute atomic E-state index is 0.181. The molecule has 0 aliphatic carbocycles. The summed E-state index contributed by atoms with van der Waals surface area (Å²) in [5.41, 5.74) is 0.325. The Bertz CT molecular complexity index is 690. The zero-order chi connectivity index (χ0) is 15.5. The molecule has 1 unspecified atom stereocenters. The van der Waals surface area contributed by atoms with E-state index in [9.17, 15) is 13.6 Å². The molecule has 1 amide bonds. The van der Waals surface area contributed by atoms with Crippen molar-refractivity contribution in [1.29, 1.82) is 0 Å². The van der Waals surface area contributed by atoms with Crippen LogP contribution < -0.4 is 4.74 Å². The van der Waals surface area contributed by atoms with Crippen molar-refractivity contribution in [2.24, 2.45) is 0 Å². The van der Waals surface area contributed by atoms with Crippen molar-refractivity contribution in [1.82, 2.24) is 4.90 Å². The van der Waals surface area contributed by atoms with E-state index >= 15 is 0 Å². The summed E-state index contributed by atoms with van der Waals surface area (Å²) in [7, 11) is 0. The molecule has 3 rings (SSSR count). The number of carbonyl (C=O) groups excluding carboxylic acids is 1. The van der Waals surface area contributed by atoms with Crippen LogP contribution in [0.4, 0.5) is 8.78 Å². The zero-order valence-corrected chi connectivity index (χ0v) is 11.8. The number of amides is 1. The Morgan fingerprint density at radius 2 is 1.82 bits per heavy atom. The van der Waals surface area contributed by atoms with Crippen molar-refractivity contribution in [3.63, 3.8) is 0 Å². The van der Waals surface area contributed by atoms with E-state index in [1.807, 2.05) is 0 Å². The third-order valence-electron chi connectivity index (χ3n) is 3.60. The van der Waals surface area contributed by atoms with Crippen LogP contribution in [0.5, 0.6) is 5.75 Å². The third kappa shape index (κ3) is 3.24. The van der Waals surface area contributed by atoms with Gasteiger partial charge in [0.2, 0.25) is 0 Å².